The van der Waals surface area contributed by atoms with Crippen molar-refractivity contribution in [2.24, 2.45) is 0 Å². The fourth-order valence-electron chi connectivity index (χ4n) is 2.07. The monoisotopic (exact) mass is 263 g/mol. The van der Waals surface area contributed by atoms with E-state index in [4.69, 9.17) is 0 Å². The second kappa shape index (κ2) is 3.07. The summed E-state index contributed by atoms with van der Waals surface area (Å²) in [7, 11) is 0. The summed E-state index contributed by atoms with van der Waals surface area (Å²) in [6.07, 6.45) is 4.52. The molecule has 0 amide bonds. The van der Waals surface area contributed by atoms with Crippen LogP contribution < -0.4 is 0 Å². The molecule has 3 rings (SSSR count). The Kier molecular flexibility index (Phi) is 1.85. The van der Waals surface area contributed by atoms with E-state index >= 15 is 0 Å². The fraction of sp³-hybridized carbons (Fsp3) is 0.0769. The van der Waals surface area contributed by atoms with Gasteiger partial charge in [-0.25, -0.2) is 0 Å². The molecule has 1 heteroatoms. The standard InChI is InChI=1S/C13H9.Mo/c1-4-10-6-2-8-12-9-3-7-11(5-1)13(10)12;/h1-9H;. The van der Waals surface area contributed by atoms with Crippen LogP contribution in [-0.4, -0.2) is 0 Å². The number of hydrogen-bond acceptors (Lipinski definition) is 0. The van der Waals surface area contributed by atoms with Gasteiger partial charge in [0.2, 0.25) is 0 Å². The quantitative estimate of drug-likeness (QED) is 0.637. The average molecular weight is 261 g/mol. The van der Waals surface area contributed by atoms with Crippen molar-refractivity contribution in [2.45, 2.75) is 4.31 Å². The molecule has 1 aliphatic carbocycles. The average Bonchev–Trinajstić information content (AvgIpc) is 2.24. The van der Waals surface area contributed by atoms with Crippen LogP contribution in [0.5, 0.6) is 0 Å². The molecule has 1 atom stereocenters. The topological polar surface area (TPSA) is 0 Å². The summed E-state index contributed by atoms with van der Waals surface area (Å²) in [5.41, 5.74) is 2.82. The molecule has 0 aliphatic heterocycles. The zero-order valence-corrected chi connectivity index (χ0v) is 9.61. The van der Waals surface area contributed by atoms with Gasteiger partial charge in [0.15, 0.2) is 0 Å². The van der Waals surface area contributed by atoms with E-state index in [0.29, 0.717) is 4.31 Å². The zero-order chi connectivity index (χ0) is 9.54. The molecule has 0 N–H and O–H groups in total. The number of hydrogen-bond donors (Lipinski definition) is 0. The normalized spacial score (nSPS) is 18.7. The Hall–Kier alpha value is -0.872. The van der Waals surface area contributed by atoms with E-state index in [0.717, 1.165) is 0 Å². The Bertz CT molecular complexity index is 520. The van der Waals surface area contributed by atoms with Crippen LogP contribution in [-0.2, 0) is 19.8 Å². The van der Waals surface area contributed by atoms with Crippen LogP contribution in [0.1, 0.15) is 15.4 Å². The van der Waals surface area contributed by atoms with Crippen molar-refractivity contribution >= 4 is 16.8 Å². The van der Waals surface area contributed by atoms with E-state index in [-0.39, 0.29) is 0 Å². The van der Waals surface area contributed by atoms with E-state index in [1.54, 1.807) is 0 Å². The second-order valence-electron chi connectivity index (χ2n) is 3.57. The molecule has 1 aliphatic rings. The van der Waals surface area contributed by atoms with Crippen LogP contribution in [0, 0.1) is 0 Å². The van der Waals surface area contributed by atoms with Crippen LogP contribution in [0.2, 0.25) is 0 Å². The molecule has 0 nitrogen and oxygen atoms in total. The first-order chi connectivity index (χ1) is 6.86. The third-order valence-electron chi connectivity index (χ3n) is 2.73. The van der Waals surface area contributed by atoms with Crippen LogP contribution >= 0.6 is 0 Å². The Morgan fingerprint density at radius 2 is 1.79 bits per heavy atom. The Morgan fingerprint density at radius 3 is 2.64 bits per heavy atom. The molecule has 0 bridgehead atoms. The molecule has 67 valence electrons. The van der Waals surface area contributed by atoms with E-state index in [2.05, 4.69) is 68.4 Å². The molecule has 0 aromatic heterocycles. The van der Waals surface area contributed by atoms with Gasteiger partial charge in [0.25, 0.3) is 0 Å². The van der Waals surface area contributed by atoms with Gasteiger partial charge < -0.3 is 0 Å². The van der Waals surface area contributed by atoms with Crippen LogP contribution in [0.3, 0.4) is 0 Å². The van der Waals surface area contributed by atoms with Gasteiger partial charge in [0.05, 0.1) is 0 Å². The van der Waals surface area contributed by atoms with Crippen LogP contribution in [0.4, 0.5) is 0 Å². The van der Waals surface area contributed by atoms with Crippen molar-refractivity contribution in [3.63, 3.8) is 0 Å². The van der Waals surface area contributed by atoms with Gasteiger partial charge >= 0.3 is 94.6 Å². The summed E-state index contributed by atoms with van der Waals surface area (Å²) >= 11 is 2.18. The Balaban J connectivity index is 2.52. The predicted octanol–water partition coefficient (Wildman–Crippen LogP) is 3.45. The maximum atomic E-state index is 2.28. The summed E-state index contributed by atoms with van der Waals surface area (Å²) in [5, 5.41) is 2.80. The molecule has 14 heavy (non-hydrogen) atoms. The number of allylic oxidation sites excluding steroid dienone is 1. The molecule has 0 heterocycles. The minimum absolute atomic E-state index is 0.560. The maximum absolute atomic E-state index is 2.28. The first kappa shape index (κ1) is 8.44. The van der Waals surface area contributed by atoms with Crippen molar-refractivity contribution in [3.05, 3.63) is 53.6 Å². The van der Waals surface area contributed by atoms with Gasteiger partial charge in [-0.15, -0.1) is 0 Å². The van der Waals surface area contributed by atoms with Gasteiger partial charge in [0.1, 0.15) is 0 Å². The molecular formula is C13H9Mo. The van der Waals surface area contributed by atoms with Crippen molar-refractivity contribution in [1.29, 1.82) is 0 Å². The van der Waals surface area contributed by atoms with E-state index in [1.807, 2.05) is 0 Å². The van der Waals surface area contributed by atoms with Crippen LogP contribution in [0.25, 0.3) is 16.8 Å². The Morgan fingerprint density at radius 1 is 1.00 bits per heavy atom. The van der Waals surface area contributed by atoms with E-state index in [1.165, 1.54) is 21.9 Å². The third kappa shape index (κ3) is 1.11. The van der Waals surface area contributed by atoms with Crippen molar-refractivity contribution in [2.75, 3.05) is 0 Å². The number of benzene rings is 2. The van der Waals surface area contributed by atoms with E-state index in [9.17, 15) is 0 Å². The van der Waals surface area contributed by atoms with Crippen molar-refractivity contribution in [3.8, 4) is 0 Å². The second-order valence-corrected chi connectivity index (χ2v) is 4.82. The molecule has 0 saturated carbocycles. The number of rotatable bonds is 0. The summed E-state index contributed by atoms with van der Waals surface area (Å²) in [4.78, 5) is 0. The van der Waals surface area contributed by atoms with Crippen LogP contribution in [0.15, 0.2) is 42.5 Å². The summed E-state index contributed by atoms with van der Waals surface area (Å²) < 4.78 is 0.560. The molecule has 2 aromatic carbocycles. The van der Waals surface area contributed by atoms with Gasteiger partial charge in [-0.3, -0.25) is 0 Å². The predicted molar refractivity (Wildman–Crippen MR) is 55.7 cm³/mol. The minimum atomic E-state index is 0.560. The SMILES string of the molecule is [Mo][CH]1C=Cc2cccc3cccc1c23. The molecule has 0 radical (unpaired) electrons. The third-order valence-corrected chi connectivity index (χ3v) is 3.74. The van der Waals surface area contributed by atoms with Gasteiger partial charge in [0, 0.05) is 0 Å². The molecule has 0 fully saturated rings. The molecule has 2 aromatic rings. The van der Waals surface area contributed by atoms with E-state index < -0.39 is 0 Å². The summed E-state index contributed by atoms with van der Waals surface area (Å²) in [6, 6.07) is 13.1. The molecule has 0 saturated heterocycles. The molecular weight excluding hydrogens is 252 g/mol. The summed E-state index contributed by atoms with van der Waals surface area (Å²) in [6.45, 7) is 0. The van der Waals surface area contributed by atoms with Crippen molar-refractivity contribution < 1.29 is 19.8 Å². The zero-order valence-electron chi connectivity index (χ0n) is 7.60. The molecule has 0 spiro atoms. The van der Waals surface area contributed by atoms with Crippen molar-refractivity contribution in [1.82, 2.24) is 0 Å². The molecule has 1 unspecified atom stereocenters. The first-order valence-electron chi connectivity index (χ1n) is 4.72. The fourth-order valence-corrected chi connectivity index (χ4v) is 2.75. The Labute approximate surface area is 94.5 Å². The van der Waals surface area contributed by atoms with Gasteiger partial charge in [-0.05, 0) is 0 Å². The first-order valence-corrected chi connectivity index (χ1v) is 5.88. The van der Waals surface area contributed by atoms with Gasteiger partial charge in [-0.2, -0.15) is 0 Å². The summed E-state index contributed by atoms with van der Waals surface area (Å²) in [5.74, 6) is 0. The van der Waals surface area contributed by atoms with Gasteiger partial charge in [-0.1, -0.05) is 0 Å².